The van der Waals surface area contributed by atoms with Gasteiger partial charge in [-0.3, -0.25) is 4.79 Å². The lowest BCUT2D eigenvalue weighted by Crippen LogP contribution is -2.22. The predicted molar refractivity (Wildman–Crippen MR) is 76.9 cm³/mol. The predicted octanol–water partition coefficient (Wildman–Crippen LogP) is 1.82. The second-order valence-electron chi connectivity index (χ2n) is 5.60. The molecule has 0 N–H and O–H groups in total. The quantitative estimate of drug-likeness (QED) is 0.748. The van der Waals surface area contributed by atoms with Crippen molar-refractivity contribution in [1.29, 1.82) is 5.26 Å². The first kappa shape index (κ1) is 15.5. The van der Waals surface area contributed by atoms with E-state index in [0.29, 0.717) is 11.1 Å². The summed E-state index contributed by atoms with van der Waals surface area (Å²) in [5.74, 6) is -0.480. The average Bonchev–Trinajstić information content (AvgIpc) is 3.16. The molecule has 1 aromatic rings. The van der Waals surface area contributed by atoms with Crippen LogP contribution >= 0.6 is 0 Å². The summed E-state index contributed by atoms with van der Waals surface area (Å²) >= 11 is 0. The molecule has 1 saturated carbocycles. The molecule has 21 heavy (non-hydrogen) atoms. The Hall–Kier alpha value is -1.87. The highest BCUT2D eigenvalue weighted by Crippen LogP contribution is 2.50. The Labute approximate surface area is 124 Å². The number of methoxy groups -OCH3 is 1. The van der Waals surface area contributed by atoms with Gasteiger partial charge in [-0.25, -0.2) is 8.42 Å². The van der Waals surface area contributed by atoms with E-state index in [2.05, 4.69) is 4.74 Å². The molecule has 0 spiro atoms. The topological polar surface area (TPSA) is 84.2 Å². The van der Waals surface area contributed by atoms with Gasteiger partial charge in [-0.1, -0.05) is 12.1 Å². The lowest BCUT2D eigenvalue weighted by molar-refractivity contribution is -0.141. The largest absolute Gasteiger partial charge is 0.469 e. The summed E-state index contributed by atoms with van der Waals surface area (Å²) in [4.78, 5) is 11.3. The second-order valence-corrected chi connectivity index (χ2v) is 7.66. The minimum absolute atomic E-state index is 0.00805. The summed E-state index contributed by atoms with van der Waals surface area (Å²) in [6, 6.07) is 8.57. The van der Waals surface area contributed by atoms with Crippen LogP contribution in [-0.2, 0) is 25.1 Å². The van der Waals surface area contributed by atoms with Crippen molar-refractivity contribution in [3.63, 3.8) is 0 Å². The van der Waals surface area contributed by atoms with Crippen molar-refractivity contribution in [2.24, 2.45) is 5.41 Å². The number of nitriles is 1. The van der Waals surface area contributed by atoms with Gasteiger partial charge < -0.3 is 4.74 Å². The molecule has 0 atom stereocenters. The molecule has 112 valence electrons. The van der Waals surface area contributed by atoms with E-state index in [-0.39, 0.29) is 23.9 Å². The summed E-state index contributed by atoms with van der Waals surface area (Å²) in [5, 5.41) is 8.83. The van der Waals surface area contributed by atoms with Crippen LogP contribution in [0.2, 0.25) is 0 Å². The van der Waals surface area contributed by atoms with Crippen LogP contribution in [0.25, 0.3) is 0 Å². The van der Waals surface area contributed by atoms with Crippen molar-refractivity contribution in [1.82, 2.24) is 0 Å². The maximum atomic E-state index is 12.3. The standard InChI is InChI=1S/C15H17NO4S/c1-20-14(17)8-15(5-6-15)11-21(18,19)10-13-4-2-3-12(7-13)9-16/h2-4,7H,5-6,8,10-11H2,1H3. The van der Waals surface area contributed by atoms with Gasteiger partial charge in [0.1, 0.15) is 0 Å². The number of carbonyl (C=O) groups is 1. The molecule has 0 amide bonds. The first-order chi connectivity index (χ1) is 9.88. The van der Waals surface area contributed by atoms with Crippen LogP contribution in [0.1, 0.15) is 30.4 Å². The minimum atomic E-state index is -3.33. The summed E-state index contributed by atoms with van der Waals surface area (Å²) < 4.78 is 29.2. The molecule has 5 nitrogen and oxygen atoms in total. The number of ether oxygens (including phenoxy) is 1. The Kier molecular flexibility index (Phi) is 4.33. The van der Waals surface area contributed by atoms with Gasteiger partial charge in [0.15, 0.2) is 9.84 Å². The molecular formula is C15H17NO4S. The molecule has 2 rings (SSSR count). The van der Waals surface area contributed by atoms with Crippen molar-refractivity contribution in [3.05, 3.63) is 35.4 Å². The third-order valence-corrected chi connectivity index (χ3v) is 5.50. The summed E-state index contributed by atoms with van der Waals surface area (Å²) in [7, 11) is -2.02. The van der Waals surface area contributed by atoms with Crippen LogP contribution in [0.5, 0.6) is 0 Å². The normalized spacial score (nSPS) is 16.0. The van der Waals surface area contributed by atoms with Gasteiger partial charge in [0.2, 0.25) is 0 Å². The van der Waals surface area contributed by atoms with Crippen LogP contribution < -0.4 is 0 Å². The molecule has 1 aromatic carbocycles. The lowest BCUT2D eigenvalue weighted by Gasteiger charge is -2.14. The fourth-order valence-corrected chi connectivity index (χ4v) is 4.54. The van der Waals surface area contributed by atoms with Crippen LogP contribution in [-0.4, -0.2) is 27.2 Å². The number of rotatable bonds is 6. The Bertz CT molecular complexity index is 684. The van der Waals surface area contributed by atoms with Gasteiger partial charge in [-0.05, 0) is 36.0 Å². The van der Waals surface area contributed by atoms with Crippen LogP contribution in [0, 0.1) is 16.7 Å². The molecule has 0 radical (unpaired) electrons. The van der Waals surface area contributed by atoms with E-state index < -0.39 is 15.3 Å². The highest BCUT2D eigenvalue weighted by atomic mass is 32.2. The number of nitrogens with zero attached hydrogens (tertiary/aromatic N) is 1. The smallest absolute Gasteiger partial charge is 0.306 e. The average molecular weight is 307 g/mol. The van der Waals surface area contributed by atoms with E-state index in [4.69, 9.17) is 5.26 Å². The number of carbonyl (C=O) groups excluding carboxylic acids is 1. The van der Waals surface area contributed by atoms with Crippen LogP contribution in [0.4, 0.5) is 0 Å². The van der Waals surface area contributed by atoms with Gasteiger partial charge in [0.25, 0.3) is 0 Å². The summed E-state index contributed by atoms with van der Waals surface area (Å²) in [6.07, 6.45) is 1.63. The zero-order valence-electron chi connectivity index (χ0n) is 11.8. The SMILES string of the molecule is COC(=O)CC1(CS(=O)(=O)Cc2cccc(C#N)c2)CC1. The zero-order chi connectivity index (χ0) is 15.5. The first-order valence-corrected chi connectivity index (χ1v) is 8.46. The van der Waals surface area contributed by atoms with E-state index in [1.807, 2.05) is 6.07 Å². The molecule has 0 aromatic heterocycles. The monoisotopic (exact) mass is 307 g/mol. The number of esters is 1. The molecule has 0 heterocycles. The van der Waals surface area contributed by atoms with E-state index in [0.717, 1.165) is 12.8 Å². The molecular weight excluding hydrogens is 290 g/mol. The third kappa shape index (κ3) is 4.30. The highest BCUT2D eigenvalue weighted by molar-refractivity contribution is 7.90. The molecule has 6 heteroatoms. The molecule has 1 aliphatic rings. The van der Waals surface area contributed by atoms with E-state index in [9.17, 15) is 13.2 Å². The number of benzene rings is 1. The molecule has 0 saturated heterocycles. The number of hydrogen-bond donors (Lipinski definition) is 0. The minimum Gasteiger partial charge on any atom is -0.469 e. The molecule has 1 fully saturated rings. The van der Waals surface area contributed by atoms with Gasteiger partial charge in [-0.15, -0.1) is 0 Å². The fraction of sp³-hybridized carbons (Fsp3) is 0.467. The van der Waals surface area contributed by atoms with E-state index in [1.165, 1.54) is 7.11 Å². The van der Waals surface area contributed by atoms with Crippen molar-refractivity contribution >= 4 is 15.8 Å². The maximum absolute atomic E-state index is 12.3. The van der Waals surface area contributed by atoms with E-state index in [1.54, 1.807) is 24.3 Å². The highest BCUT2D eigenvalue weighted by Gasteiger charge is 2.47. The van der Waals surface area contributed by atoms with Crippen molar-refractivity contribution in [2.75, 3.05) is 12.9 Å². The van der Waals surface area contributed by atoms with Crippen molar-refractivity contribution in [2.45, 2.75) is 25.0 Å². The second kappa shape index (κ2) is 5.86. The third-order valence-electron chi connectivity index (χ3n) is 3.67. The Morgan fingerprint density at radius 3 is 2.71 bits per heavy atom. The van der Waals surface area contributed by atoms with Crippen LogP contribution in [0.15, 0.2) is 24.3 Å². The summed E-state index contributed by atoms with van der Waals surface area (Å²) in [5.41, 5.74) is 0.597. The fourth-order valence-electron chi connectivity index (χ4n) is 2.43. The van der Waals surface area contributed by atoms with E-state index >= 15 is 0 Å². The lowest BCUT2D eigenvalue weighted by atomic mass is 10.1. The molecule has 0 bridgehead atoms. The first-order valence-electron chi connectivity index (χ1n) is 6.64. The maximum Gasteiger partial charge on any atom is 0.306 e. The summed E-state index contributed by atoms with van der Waals surface area (Å²) in [6.45, 7) is 0. The van der Waals surface area contributed by atoms with Gasteiger partial charge in [0.05, 0.1) is 36.7 Å². The molecule has 0 unspecified atom stereocenters. The van der Waals surface area contributed by atoms with Gasteiger partial charge in [-0.2, -0.15) is 5.26 Å². The van der Waals surface area contributed by atoms with Gasteiger partial charge in [0, 0.05) is 0 Å². The Balaban J connectivity index is 2.05. The number of hydrogen-bond acceptors (Lipinski definition) is 5. The van der Waals surface area contributed by atoms with Crippen LogP contribution in [0.3, 0.4) is 0 Å². The molecule has 0 aliphatic heterocycles. The Morgan fingerprint density at radius 2 is 2.14 bits per heavy atom. The van der Waals surface area contributed by atoms with Gasteiger partial charge >= 0.3 is 5.97 Å². The Morgan fingerprint density at radius 1 is 1.43 bits per heavy atom. The zero-order valence-corrected chi connectivity index (χ0v) is 12.6. The van der Waals surface area contributed by atoms with Crippen molar-refractivity contribution < 1.29 is 17.9 Å². The van der Waals surface area contributed by atoms with Crippen molar-refractivity contribution in [3.8, 4) is 6.07 Å². The number of sulfone groups is 1. The molecule has 1 aliphatic carbocycles.